The Morgan fingerprint density at radius 3 is 2.38 bits per heavy atom. The fourth-order valence-electron chi connectivity index (χ4n) is 1.09. The fourth-order valence-corrected chi connectivity index (χ4v) is 1.09. The molecule has 1 aromatic rings. The SMILES string of the molecule is CC(C)c1ccc(CN)c(F)c1.Cl. The maximum atomic E-state index is 13.1. The lowest BCUT2D eigenvalue weighted by molar-refractivity contribution is 0.606. The first-order valence-corrected chi connectivity index (χ1v) is 4.13. The molecule has 0 aliphatic carbocycles. The molecule has 0 unspecified atom stereocenters. The van der Waals surface area contributed by atoms with E-state index in [4.69, 9.17) is 5.73 Å². The maximum absolute atomic E-state index is 13.1. The van der Waals surface area contributed by atoms with Gasteiger partial charge in [-0.25, -0.2) is 4.39 Å². The predicted octanol–water partition coefficient (Wildman–Crippen LogP) is 2.83. The minimum atomic E-state index is -0.191. The summed E-state index contributed by atoms with van der Waals surface area (Å²) in [6, 6.07) is 5.24. The van der Waals surface area contributed by atoms with E-state index >= 15 is 0 Å². The van der Waals surface area contributed by atoms with Crippen molar-refractivity contribution < 1.29 is 4.39 Å². The average molecular weight is 204 g/mol. The molecular formula is C10H15ClFN. The third-order valence-corrected chi connectivity index (χ3v) is 1.96. The molecule has 0 bridgehead atoms. The largest absolute Gasteiger partial charge is 0.326 e. The molecule has 3 heteroatoms. The van der Waals surface area contributed by atoms with Crippen LogP contribution in [0.5, 0.6) is 0 Å². The molecule has 1 nitrogen and oxygen atoms in total. The molecule has 0 radical (unpaired) electrons. The van der Waals surface area contributed by atoms with E-state index in [0.29, 0.717) is 11.5 Å². The van der Waals surface area contributed by atoms with Crippen molar-refractivity contribution in [3.05, 3.63) is 35.1 Å². The van der Waals surface area contributed by atoms with Crippen molar-refractivity contribution in [2.24, 2.45) is 5.73 Å². The lowest BCUT2D eigenvalue weighted by Gasteiger charge is -2.06. The molecule has 0 aliphatic rings. The van der Waals surface area contributed by atoms with Gasteiger partial charge in [0.15, 0.2) is 0 Å². The fraction of sp³-hybridized carbons (Fsp3) is 0.400. The van der Waals surface area contributed by atoms with Gasteiger partial charge in [-0.2, -0.15) is 0 Å². The second-order valence-corrected chi connectivity index (χ2v) is 3.21. The van der Waals surface area contributed by atoms with E-state index in [1.54, 1.807) is 12.1 Å². The first-order chi connectivity index (χ1) is 5.65. The molecule has 74 valence electrons. The van der Waals surface area contributed by atoms with Crippen LogP contribution in [-0.2, 0) is 6.54 Å². The Morgan fingerprint density at radius 1 is 1.38 bits per heavy atom. The van der Waals surface area contributed by atoms with Crippen LogP contribution in [0, 0.1) is 5.82 Å². The predicted molar refractivity (Wildman–Crippen MR) is 55.6 cm³/mol. The van der Waals surface area contributed by atoms with E-state index in [0.717, 1.165) is 5.56 Å². The molecule has 0 heterocycles. The molecule has 1 rings (SSSR count). The second kappa shape index (κ2) is 5.20. The Hall–Kier alpha value is -0.600. The topological polar surface area (TPSA) is 26.0 Å². The third kappa shape index (κ3) is 2.98. The van der Waals surface area contributed by atoms with E-state index in [1.165, 1.54) is 0 Å². The summed E-state index contributed by atoms with van der Waals surface area (Å²) in [5, 5.41) is 0. The van der Waals surface area contributed by atoms with E-state index in [9.17, 15) is 4.39 Å². The van der Waals surface area contributed by atoms with Gasteiger partial charge in [0.05, 0.1) is 0 Å². The van der Waals surface area contributed by atoms with Crippen LogP contribution in [0.1, 0.15) is 30.9 Å². The number of rotatable bonds is 2. The molecule has 0 aromatic heterocycles. The highest BCUT2D eigenvalue weighted by Crippen LogP contribution is 2.17. The number of nitrogens with two attached hydrogens (primary N) is 1. The number of halogens is 2. The summed E-state index contributed by atoms with van der Waals surface area (Å²) >= 11 is 0. The zero-order valence-electron chi connectivity index (χ0n) is 7.88. The Morgan fingerprint density at radius 2 is 2.00 bits per heavy atom. The first-order valence-electron chi connectivity index (χ1n) is 4.13. The first kappa shape index (κ1) is 12.4. The Bertz CT molecular complexity index is 274. The summed E-state index contributed by atoms with van der Waals surface area (Å²) in [6.07, 6.45) is 0. The van der Waals surface area contributed by atoms with Gasteiger partial charge in [-0.15, -0.1) is 12.4 Å². The average Bonchev–Trinajstić information content (AvgIpc) is 2.04. The van der Waals surface area contributed by atoms with E-state index in [2.05, 4.69) is 0 Å². The summed E-state index contributed by atoms with van der Waals surface area (Å²) in [7, 11) is 0. The summed E-state index contributed by atoms with van der Waals surface area (Å²) in [5.74, 6) is 0.176. The minimum absolute atomic E-state index is 0. The summed E-state index contributed by atoms with van der Waals surface area (Å²) in [5.41, 5.74) is 6.94. The normalized spacial score (nSPS) is 9.92. The maximum Gasteiger partial charge on any atom is 0.127 e. The van der Waals surface area contributed by atoms with Crippen LogP contribution in [0.3, 0.4) is 0 Å². The van der Waals surface area contributed by atoms with Crippen LogP contribution in [0.25, 0.3) is 0 Å². The summed E-state index contributed by atoms with van der Waals surface area (Å²) in [4.78, 5) is 0. The quantitative estimate of drug-likeness (QED) is 0.786. The molecule has 0 saturated heterocycles. The number of hydrogen-bond donors (Lipinski definition) is 1. The number of benzene rings is 1. The van der Waals surface area contributed by atoms with Gasteiger partial charge in [0.2, 0.25) is 0 Å². The molecule has 0 aliphatic heterocycles. The molecule has 0 saturated carbocycles. The molecular weight excluding hydrogens is 189 g/mol. The highest BCUT2D eigenvalue weighted by Gasteiger charge is 2.03. The van der Waals surface area contributed by atoms with Crippen LogP contribution < -0.4 is 5.73 Å². The van der Waals surface area contributed by atoms with Crippen LogP contribution in [0.4, 0.5) is 4.39 Å². The summed E-state index contributed by atoms with van der Waals surface area (Å²) < 4.78 is 13.1. The van der Waals surface area contributed by atoms with E-state index in [-0.39, 0.29) is 24.8 Å². The molecule has 2 N–H and O–H groups in total. The van der Waals surface area contributed by atoms with Crippen LogP contribution in [0.15, 0.2) is 18.2 Å². The summed E-state index contributed by atoms with van der Waals surface area (Å²) in [6.45, 7) is 4.35. The van der Waals surface area contributed by atoms with Gasteiger partial charge >= 0.3 is 0 Å². The smallest absolute Gasteiger partial charge is 0.127 e. The minimum Gasteiger partial charge on any atom is -0.326 e. The molecule has 1 aromatic carbocycles. The van der Waals surface area contributed by atoms with Gasteiger partial charge in [0.25, 0.3) is 0 Å². The van der Waals surface area contributed by atoms with Crippen molar-refractivity contribution in [3.8, 4) is 0 Å². The van der Waals surface area contributed by atoms with Gasteiger partial charge in [-0.05, 0) is 17.5 Å². The monoisotopic (exact) mass is 203 g/mol. The molecule has 0 fully saturated rings. The molecule has 0 atom stereocenters. The van der Waals surface area contributed by atoms with E-state index in [1.807, 2.05) is 19.9 Å². The van der Waals surface area contributed by atoms with Gasteiger partial charge in [-0.3, -0.25) is 0 Å². The third-order valence-electron chi connectivity index (χ3n) is 1.96. The Kier molecular flexibility index (Phi) is 4.96. The highest BCUT2D eigenvalue weighted by atomic mass is 35.5. The van der Waals surface area contributed by atoms with Crippen molar-refractivity contribution in [1.29, 1.82) is 0 Å². The lowest BCUT2D eigenvalue weighted by Crippen LogP contribution is -2.00. The van der Waals surface area contributed by atoms with Crippen LogP contribution in [-0.4, -0.2) is 0 Å². The highest BCUT2D eigenvalue weighted by molar-refractivity contribution is 5.85. The zero-order valence-corrected chi connectivity index (χ0v) is 8.70. The van der Waals surface area contributed by atoms with Gasteiger partial charge in [0, 0.05) is 12.1 Å². The van der Waals surface area contributed by atoms with Crippen molar-refractivity contribution in [1.82, 2.24) is 0 Å². The van der Waals surface area contributed by atoms with Crippen molar-refractivity contribution in [2.75, 3.05) is 0 Å². The van der Waals surface area contributed by atoms with Gasteiger partial charge < -0.3 is 5.73 Å². The van der Waals surface area contributed by atoms with Crippen LogP contribution >= 0.6 is 12.4 Å². The standard InChI is InChI=1S/C10H14FN.ClH/c1-7(2)8-3-4-9(6-12)10(11)5-8;/h3-5,7H,6,12H2,1-2H3;1H. The zero-order chi connectivity index (χ0) is 9.14. The van der Waals surface area contributed by atoms with Crippen molar-refractivity contribution >= 4 is 12.4 Å². The lowest BCUT2D eigenvalue weighted by atomic mass is 10.0. The Balaban J connectivity index is 0.00000144. The van der Waals surface area contributed by atoms with Crippen molar-refractivity contribution in [2.45, 2.75) is 26.3 Å². The molecule has 0 spiro atoms. The molecule has 0 amide bonds. The molecule has 13 heavy (non-hydrogen) atoms. The van der Waals surface area contributed by atoms with Gasteiger partial charge in [-0.1, -0.05) is 26.0 Å². The van der Waals surface area contributed by atoms with Crippen molar-refractivity contribution in [3.63, 3.8) is 0 Å². The second-order valence-electron chi connectivity index (χ2n) is 3.21. The van der Waals surface area contributed by atoms with Crippen LogP contribution in [0.2, 0.25) is 0 Å². The Labute approximate surface area is 84.5 Å². The van der Waals surface area contributed by atoms with Gasteiger partial charge in [0.1, 0.15) is 5.82 Å². The van der Waals surface area contributed by atoms with E-state index < -0.39 is 0 Å². The number of hydrogen-bond acceptors (Lipinski definition) is 1.